The molecule has 4 heterocycles. The Morgan fingerprint density at radius 1 is 0.699 bits per heavy atom. The largest absolute Gasteiger partial charge is 0.744 e. The van der Waals surface area contributed by atoms with Crippen LogP contribution in [-0.2, 0) is 57.2 Å². The van der Waals surface area contributed by atoms with Crippen molar-refractivity contribution in [3.8, 4) is 0 Å². The number of aromatic nitrogens is 6. The zero-order chi connectivity index (χ0) is 60.7. The smallest absolute Gasteiger partial charge is 0.425 e. The number of carbonyl (C=O) groups excluding carboxylic acids is 2. The maximum Gasteiger partial charge on any atom is 0.425 e. The van der Waals surface area contributed by atoms with Gasteiger partial charge in [-0.1, -0.05) is 69.0 Å². The number of carboxylic acids is 2. The number of rotatable bonds is 34. The minimum absolute atomic E-state index is 0.00559. The van der Waals surface area contributed by atoms with Crippen molar-refractivity contribution in [2.45, 2.75) is 146 Å². The molecule has 2 aromatic carbocycles. The lowest BCUT2D eigenvalue weighted by Crippen LogP contribution is -2.29. The molecule has 0 fully saturated rings. The topological polar surface area (TPSA) is 337 Å². The molecule has 6 rings (SSSR count). The number of allylic oxidation sites excluding steroid dienone is 6. The molecule has 4 aromatic rings. The van der Waals surface area contributed by atoms with E-state index >= 15 is 0 Å². The average Bonchev–Trinajstić information content (AvgIpc) is 3.63. The molecule has 27 heteroatoms. The van der Waals surface area contributed by atoms with E-state index in [9.17, 15) is 32.1 Å². The van der Waals surface area contributed by atoms with Crippen LogP contribution in [0.1, 0.15) is 141 Å². The third kappa shape index (κ3) is 20.7. The van der Waals surface area contributed by atoms with Crippen LogP contribution in [0.15, 0.2) is 83.4 Å². The summed E-state index contributed by atoms with van der Waals surface area (Å²) in [4.78, 5) is 73.9. The number of aliphatic carboxylic acids is 2. The lowest BCUT2D eigenvalue weighted by atomic mass is 9.77. The van der Waals surface area contributed by atoms with Gasteiger partial charge in [0.1, 0.15) is 41.4 Å². The molecule has 83 heavy (non-hydrogen) atoms. The molecule has 0 amide bonds. The molecule has 0 aliphatic carbocycles. The molecule has 0 saturated carbocycles. The first-order valence-electron chi connectivity index (χ1n) is 27.4. The third-order valence-corrected chi connectivity index (χ3v) is 15.3. The van der Waals surface area contributed by atoms with Crippen molar-refractivity contribution in [2.24, 2.45) is 0 Å². The van der Waals surface area contributed by atoms with Crippen LogP contribution in [0.3, 0.4) is 0 Å². The molecule has 1 unspecified atom stereocenters. The standard InChI is InChI=1S/C56H71Cl2N11O9S.O3S/c1-5-6-32-69-43-25-18-17-24-41(43)56(4,31-19-9-12-22-38(70)21-11-7-16-28-47-62-50(57)64-52(63-47)60-36-48(72)73)46(69)27-15-8-14-26-45-55(2,3)42-34-40(79(76,77)78)29-30-44(42)68(45)33-20-10-13-23-39(71)35-59-53-65-51(58)66-54(67-53)61-37-49(74)75;1-4(2)3/h8,14-15,17-18,24-27,29-30,34H,5-7,9-13,16,19-23,28,31-33,35-37H2,1-4H3,(H5-,59,60,61,62,63,64,65,66,67,72,73,74,75,76,77,78);. The number of halogens is 2. The second kappa shape index (κ2) is 32.1. The van der Waals surface area contributed by atoms with E-state index in [0.29, 0.717) is 50.9 Å². The number of aryl methyl sites for hydroxylation is 1. The summed E-state index contributed by atoms with van der Waals surface area (Å²) in [5.74, 6) is -1.39. The van der Waals surface area contributed by atoms with Crippen LogP contribution in [0.25, 0.3) is 0 Å². The number of hydrogen-bond acceptors (Lipinski definition) is 20. The lowest BCUT2D eigenvalue weighted by molar-refractivity contribution is -0.438. The summed E-state index contributed by atoms with van der Waals surface area (Å²) in [7, 11) is -7.82. The number of carboxylic acid groups (broad SMARTS) is 2. The second-order valence-electron chi connectivity index (χ2n) is 20.6. The quantitative estimate of drug-likeness (QED) is 0.0126. The van der Waals surface area contributed by atoms with E-state index in [0.717, 1.165) is 81.3 Å². The number of benzene rings is 2. The Hall–Kier alpha value is -7.06. The van der Waals surface area contributed by atoms with E-state index in [1.54, 1.807) is 6.07 Å². The fraction of sp³-hybridized carbons (Fsp3) is 0.482. The predicted molar refractivity (Wildman–Crippen MR) is 313 cm³/mol. The summed E-state index contributed by atoms with van der Waals surface area (Å²) < 4.78 is 64.1. The maximum atomic E-state index is 12.9. The fourth-order valence-electron chi connectivity index (χ4n) is 10.1. The lowest BCUT2D eigenvalue weighted by Gasteiger charge is -2.30. The van der Waals surface area contributed by atoms with Gasteiger partial charge in [0.25, 0.3) is 0 Å². The molecule has 0 bridgehead atoms. The van der Waals surface area contributed by atoms with Crippen molar-refractivity contribution in [3.05, 3.63) is 106 Å². The van der Waals surface area contributed by atoms with Crippen LogP contribution in [0.5, 0.6) is 0 Å². The summed E-state index contributed by atoms with van der Waals surface area (Å²) in [6.07, 6.45) is 22.2. The van der Waals surface area contributed by atoms with E-state index in [4.69, 9.17) is 46.0 Å². The van der Waals surface area contributed by atoms with Gasteiger partial charge in [-0.2, -0.15) is 29.5 Å². The van der Waals surface area contributed by atoms with Crippen molar-refractivity contribution < 1.29 is 59.6 Å². The highest BCUT2D eigenvalue weighted by Crippen LogP contribution is 2.51. The normalized spacial score (nSPS) is 15.7. The van der Waals surface area contributed by atoms with Crippen molar-refractivity contribution >= 4 is 102 Å². The first-order valence-corrected chi connectivity index (χ1v) is 30.5. The van der Waals surface area contributed by atoms with Gasteiger partial charge in [0.05, 0.1) is 16.9 Å². The molecule has 0 spiro atoms. The van der Waals surface area contributed by atoms with Crippen LogP contribution < -0.4 is 20.9 Å². The number of unbranched alkanes of at least 4 members (excludes halogenated alkanes) is 7. The highest BCUT2D eigenvalue weighted by Gasteiger charge is 2.45. The zero-order valence-corrected chi connectivity index (χ0v) is 50.0. The molecule has 0 saturated heterocycles. The second-order valence-corrected chi connectivity index (χ2v) is 23.1. The molecule has 2 aliphatic heterocycles. The Bertz CT molecular complexity index is 3320. The fourth-order valence-corrected chi connectivity index (χ4v) is 10.9. The number of carbonyl (C=O) groups is 4. The minimum Gasteiger partial charge on any atom is -0.744 e. The minimum atomic E-state index is -4.70. The average molecular weight is 1230 g/mol. The molecule has 23 nitrogen and oxygen atoms in total. The van der Waals surface area contributed by atoms with Crippen molar-refractivity contribution in [3.63, 3.8) is 0 Å². The number of ketones is 2. The SMILES string of the molecule is CCCCN1C(=CC=CC=CC2=[N+](CCCCCC(=O)CNc3nc(Cl)nc(NCC(=O)O)n3)c3ccc(S(=O)(=O)[O-])cc3C2(C)C)C(C)(CCCCCC(=O)CCCCCc2nc(Cl)nc(NCC(=O)O)n2)c2ccccc21.O=S(=O)=O. The number of nitrogens with one attached hydrogen (secondary N) is 3. The van der Waals surface area contributed by atoms with Gasteiger partial charge < -0.3 is 35.6 Å². The van der Waals surface area contributed by atoms with Crippen LogP contribution in [0, 0.1) is 0 Å². The van der Waals surface area contributed by atoms with Crippen molar-refractivity contribution in [1.29, 1.82) is 0 Å². The van der Waals surface area contributed by atoms with Crippen molar-refractivity contribution in [2.75, 3.05) is 53.6 Å². The van der Waals surface area contributed by atoms with E-state index in [2.05, 4.69) is 106 Å². The summed E-state index contributed by atoms with van der Waals surface area (Å²) in [6, 6.07) is 13.1. The highest BCUT2D eigenvalue weighted by atomic mass is 35.5. The van der Waals surface area contributed by atoms with Gasteiger partial charge in [0.15, 0.2) is 11.5 Å². The van der Waals surface area contributed by atoms with Gasteiger partial charge in [0, 0.05) is 73.2 Å². The zero-order valence-electron chi connectivity index (χ0n) is 46.9. The third-order valence-electron chi connectivity index (χ3n) is 14.1. The number of anilines is 4. The molecule has 5 N–H and O–H groups in total. The molecule has 2 aromatic heterocycles. The van der Waals surface area contributed by atoms with Gasteiger partial charge >= 0.3 is 22.5 Å². The number of nitrogens with zero attached hydrogens (tertiary/aromatic N) is 8. The molecular formula is C56H71Cl2N11O12S2. The Morgan fingerprint density at radius 2 is 1.28 bits per heavy atom. The predicted octanol–water partition coefficient (Wildman–Crippen LogP) is 8.77. The Labute approximate surface area is 495 Å². The van der Waals surface area contributed by atoms with Gasteiger partial charge in [-0.05, 0) is 119 Å². The van der Waals surface area contributed by atoms with Gasteiger partial charge in [-0.25, -0.2) is 13.4 Å². The monoisotopic (exact) mass is 1220 g/mol. The molecular weight excluding hydrogens is 1150 g/mol. The van der Waals surface area contributed by atoms with Crippen LogP contribution in [0.2, 0.25) is 10.6 Å². The Balaban J connectivity index is 0.00000305. The van der Waals surface area contributed by atoms with Crippen LogP contribution >= 0.6 is 23.2 Å². The number of Topliss-reactive ketones (excluding diaryl/α,β-unsaturated/α-hetero) is 2. The molecule has 448 valence electrons. The number of para-hydroxylation sites is 1. The Morgan fingerprint density at radius 3 is 1.90 bits per heavy atom. The summed E-state index contributed by atoms with van der Waals surface area (Å²) in [6.45, 7) is 9.17. The highest BCUT2D eigenvalue weighted by molar-refractivity contribution is 7.85. The summed E-state index contributed by atoms with van der Waals surface area (Å²) >= 11 is 12.0. The molecule has 2 aliphatic rings. The molecule has 0 radical (unpaired) electrons. The van der Waals surface area contributed by atoms with E-state index in [1.165, 1.54) is 29.1 Å². The summed E-state index contributed by atoms with van der Waals surface area (Å²) in [5, 5.41) is 25.7. The van der Waals surface area contributed by atoms with Crippen LogP contribution in [-0.4, -0.2) is 132 Å². The summed E-state index contributed by atoms with van der Waals surface area (Å²) in [5.41, 5.74) is 5.26. The van der Waals surface area contributed by atoms with E-state index < -0.39 is 44.6 Å². The number of hydrogen-bond donors (Lipinski definition) is 5. The van der Waals surface area contributed by atoms with Gasteiger partial charge in [-0.3, -0.25) is 19.2 Å². The first kappa shape index (κ1) is 66.7. The van der Waals surface area contributed by atoms with E-state index in [1.807, 2.05) is 32.1 Å². The van der Waals surface area contributed by atoms with Crippen molar-refractivity contribution in [1.82, 2.24) is 29.9 Å². The maximum absolute atomic E-state index is 12.9. The number of fused-ring (bicyclic) bond motifs is 2. The van der Waals surface area contributed by atoms with Gasteiger partial charge in [-0.15, -0.1) is 12.6 Å². The first-order chi connectivity index (χ1) is 39.4. The van der Waals surface area contributed by atoms with Gasteiger partial charge in [0.2, 0.25) is 34.1 Å². The van der Waals surface area contributed by atoms with E-state index in [-0.39, 0.29) is 69.8 Å². The van der Waals surface area contributed by atoms with Crippen LogP contribution in [0.4, 0.5) is 29.2 Å². The Kier molecular flexibility index (Phi) is 25.8. The molecule has 1 atom stereocenters.